The lowest BCUT2D eigenvalue weighted by Gasteiger charge is -2.01. The van der Waals surface area contributed by atoms with E-state index in [2.05, 4.69) is 57.8 Å². The van der Waals surface area contributed by atoms with Crippen molar-refractivity contribution in [2.24, 2.45) is 0 Å². The Morgan fingerprint density at radius 3 is 1.32 bits per heavy atom. The summed E-state index contributed by atoms with van der Waals surface area (Å²) in [5.41, 5.74) is 5.05. The number of aromatic nitrogens is 2. The number of unbranched alkanes of at least 4 members (excludes halogenated alkanes) is 14. The predicted octanol–water partition coefficient (Wildman–Crippen LogP) is 12.4. The molecule has 0 N–H and O–H groups in total. The maximum absolute atomic E-state index is 4.75. The van der Waals surface area contributed by atoms with Crippen molar-refractivity contribution in [3.8, 4) is 0 Å². The minimum Gasteiger partial charge on any atom is -0.171 e. The van der Waals surface area contributed by atoms with Crippen LogP contribution in [0.1, 0.15) is 149 Å². The van der Waals surface area contributed by atoms with Crippen molar-refractivity contribution >= 4 is 86.9 Å². The highest BCUT2D eigenvalue weighted by molar-refractivity contribution is 9.11. The molecule has 3 aromatic heterocycles. The van der Waals surface area contributed by atoms with E-state index in [1.165, 1.54) is 153 Å². The number of fused-ring (bicyclic) bond motifs is 1. The molecule has 3 aromatic rings. The number of aryl methyl sites for hydroxylation is 2. The van der Waals surface area contributed by atoms with Gasteiger partial charge in [-0.2, -0.15) is 8.75 Å². The number of hydrogen-bond donors (Lipinski definition) is 0. The van der Waals surface area contributed by atoms with Crippen molar-refractivity contribution in [3.63, 3.8) is 0 Å². The Bertz CT molecular complexity index is 1170. The molecule has 0 unspecified atom stereocenters. The van der Waals surface area contributed by atoms with Crippen LogP contribution < -0.4 is 0 Å². The number of halogens is 2. The summed E-state index contributed by atoms with van der Waals surface area (Å²) in [6, 6.07) is 4.81. The molecule has 0 spiro atoms. The number of nitrogens with zero attached hydrogens (tertiary/aromatic N) is 2. The zero-order valence-corrected chi connectivity index (χ0v) is 30.6. The lowest BCUT2D eigenvalue weighted by atomic mass is 10.0. The third-order valence-electron chi connectivity index (χ3n) is 7.68. The van der Waals surface area contributed by atoms with E-state index >= 15 is 0 Å². The summed E-state index contributed by atoms with van der Waals surface area (Å²) in [5, 5.41) is 0. The van der Waals surface area contributed by atoms with Gasteiger partial charge in [-0.3, -0.25) is 0 Å². The van der Waals surface area contributed by atoms with E-state index in [0.29, 0.717) is 0 Å². The SMILES string of the molecule is CCCCCCCCCCc1cc(C2=S=C(c3cc(CCCCCCCCCC)c(Br)s3)c3nsnc32)sc1Br. The molecule has 2 nitrogen and oxygen atoms in total. The van der Waals surface area contributed by atoms with Gasteiger partial charge >= 0.3 is 0 Å². The van der Waals surface area contributed by atoms with Crippen LogP contribution in [0.2, 0.25) is 0 Å². The fourth-order valence-electron chi connectivity index (χ4n) is 5.30. The predicted molar refractivity (Wildman–Crippen MR) is 191 cm³/mol. The van der Waals surface area contributed by atoms with Crippen LogP contribution in [0.5, 0.6) is 0 Å². The van der Waals surface area contributed by atoms with E-state index < -0.39 is 0 Å². The largest absolute Gasteiger partial charge is 0.171 e. The van der Waals surface area contributed by atoms with Crippen molar-refractivity contribution in [2.45, 2.75) is 129 Å². The minimum absolute atomic E-state index is 1.08. The highest BCUT2D eigenvalue weighted by Crippen LogP contribution is 2.37. The lowest BCUT2D eigenvalue weighted by Crippen LogP contribution is -2.01. The fraction of sp³-hybridized carbons (Fsp3) is 0.625. The van der Waals surface area contributed by atoms with Gasteiger partial charge in [0, 0.05) is 9.75 Å². The third kappa shape index (κ3) is 9.44. The summed E-state index contributed by atoms with van der Waals surface area (Å²) in [5.74, 6) is 0. The molecular formula is C32H44Br2N2S4. The molecule has 0 saturated heterocycles. The van der Waals surface area contributed by atoms with Crippen LogP contribution in [0.4, 0.5) is 0 Å². The second kappa shape index (κ2) is 17.9. The molecule has 0 bridgehead atoms. The summed E-state index contributed by atoms with van der Waals surface area (Å²) in [7, 11) is 1.87. The van der Waals surface area contributed by atoms with Gasteiger partial charge in [0.2, 0.25) is 0 Å². The second-order valence-corrected chi connectivity index (χ2v) is 17.3. The maximum Gasteiger partial charge on any atom is 0.124 e. The average Bonchev–Trinajstić information content (AvgIpc) is 3.72. The summed E-state index contributed by atoms with van der Waals surface area (Å²) in [6.07, 6.45) is 24.1. The van der Waals surface area contributed by atoms with Crippen LogP contribution in [0.3, 0.4) is 0 Å². The zero-order chi connectivity index (χ0) is 28.2. The smallest absolute Gasteiger partial charge is 0.124 e. The molecule has 0 radical (unpaired) electrons. The first-order valence-corrected chi connectivity index (χ1v) is 20.2. The first kappa shape index (κ1) is 32.8. The van der Waals surface area contributed by atoms with Crippen LogP contribution in [-0.2, 0) is 12.8 Å². The maximum atomic E-state index is 4.75. The molecule has 1 aliphatic heterocycles. The molecule has 0 fully saturated rings. The van der Waals surface area contributed by atoms with Gasteiger partial charge < -0.3 is 0 Å². The molecule has 40 heavy (non-hydrogen) atoms. The Kier molecular flexibility index (Phi) is 14.6. The molecular weight excluding hydrogens is 700 g/mol. The topological polar surface area (TPSA) is 25.8 Å². The van der Waals surface area contributed by atoms with Gasteiger partial charge in [0.15, 0.2) is 0 Å². The van der Waals surface area contributed by atoms with E-state index in [1.54, 1.807) is 0 Å². The van der Waals surface area contributed by atoms with Crippen molar-refractivity contribution in [3.05, 3.63) is 52.0 Å². The standard InChI is InChI=1S/C32H44Br2N2S4/c1-3-5-7-9-11-13-15-17-19-23-21-25(37-31(23)33)29-27-28(36-40-35-27)30(39-29)26-22-24(32(34)38-26)20-18-16-14-12-10-8-6-4-2/h21-22H,3-20H2,1-2H3. The Morgan fingerprint density at radius 2 is 0.925 bits per heavy atom. The minimum atomic E-state index is 1.08. The van der Waals surface area contributed by atoms with E-state index in [1.807, 2.05) is 33.6 Å². The first-order valence-electron chi connectivity index (χ1n) is 15.4. The average molecular weight is 745 g/mol. The van der Waals surface area contributed by atoms with Gasteiger partial charge in [0.05, 0.1) is 29.0 Å². The molecule has 4 heterocycles. The summed E-state index contributed by atoms with van der Waals surface area (Å²) in [4.78, 5) is 5.21. The van der Waals surface area contributed by atoms with Crippen LogP contribution in [-0.4, -0.2) is 18.5 Å². The number of rotatable bonds is 20. The van der Waals surface area contributed by atoms with E-state index in [0.717, 1.165) is 24.2 Å². The summed E-state index contributed by atoms with van der Waals surface area (Å²) >= 11 is 12.8. The van der Waals surface area contributed by atoms with Crippen molar-refractivity contribution in [1.82, 2.24) is 8.75 Å². The normalized spacial score (nSPS) is 12.9. The number of hydrogen-bond acceptors (Lipinski definition) is 5. The zero-order valence-electron chi connectivity index (χ0n) is 24.2. The second-order valence-electron chi connectivity index (χ2n) is 11.0. The van der Waals surface area contributed by atoms with Crippen molar-refractivity contribution in [2.75, 3.05) is 0 Å². The van der Waals surface area contributed by atoms with Crippen LogP contribution in [0, 0.1) is 0 Å². The number of thiophene rings is 2. The Labute approximate surface area is 274 Å². The van der Waals surface area contributed by atoms with Gasteiger partial charge in [0.1, 0.15) is 11.4 Å². The van der Waals surface area contributed by atoms with E-state index in [-0.39, 0.29) is 0 Å². The van der Waals surface area contributed by atoms with Crippen LogP contribution in [0.25, 0.3) is 0 Å². The van der Waals surface area contributed by atoms with Crippen molar-refractivity contribution in [1.29, 1.82) is 0 Å². The molecule has 0 aliphatic carbocycles. The van der Waals surface area contributed by atoms with E-state index in [4.69, 9.17) is 8.75 Å². The Balaban J connectivity index is 1.36. The van der Waals surface area contributed by atoms with Gasteiger partial charge in [-0.15, -0.1) is 33.6 Å². The molecule has 220 valence electrons. The molecule has 0 amide bonds. The lowest BCUT2D eigenvalue weighted by molar-refractivity contribution is 0.575. The first-order chi connectivity index (χ1) is 19.6. The molecule has 0 atom stereocenters. The molecule has 0 aromatic carbocycles. The van der Waals surface area contributed by atoms with Gasteiger partial charge in [-0.25, -0.2) is 0 Å². The summed E-state index contributed by atoms with van der Waals surface area (Å²) in [6.45, 7) is 4.58. The molecule has 0 saturated carbocycles. The Hall–Kier alpha value is -0.120. The van der Waals surface area contributed by atoms with Gasteiger partial charge in [-0.05, 0) is 80.8 Å². The highest BCUT2D eigenvalue weighted by atomic mass is 79.9. The van der Waals surface area contributed by atoms with Crippen LogP contribution >= 0.6 is 77.2 Å². The fourth-order valence-corrected chi connectivity index (χ4v) is 10.9. The van der Waals surface area contributed by atoms with E-state index in [9.17, 15) is 0 Å². The summed E-state index contributed by atoms with van der Waals surface area (Å²) < 4.78 is 12.1. The quantitative estimate of drug-likeness (QED) is 0.0665. The van der Waals surface area contributed by atoms with Crippen molar-refractivity contribution < 1.29 is 0 Å². The Morgan fingerprint density at radius 1 is 0.550 bits per heavy atom. The van der Waals surface area contributed by atoms with Gasteiger partial charge in [-0.1, -0.05) is 104 Å². The monoisotopic (exact) mass is 742 g/mol. The highest BCUT2D eigenvalue weighted by Gasteiger charge is 2.28. The molecule has 8 heteroatoms. The third-order valence-corrected chi connectivity index (χ3v) is 13.7. The van der Waals surface area contributed by atoms with Gasteiger partial charge in [0.25, 0.3) is 0 Å². The molecule has 1 aliphatic rings. The van der Waals surface area contributed by atoms with Crippen LogP contribution in [0.15, 0.2) is 19.7 Å². The molecule has 4 rings (SSSR count).